The number of urea groups is 1. The van der Waals surface area contributed by atoms with Gasteiger partial charge in [-0.2, -0.15) is 0 Å². The fourth-order valence-corrected chi connectivity index (χ4v) is 3.03. The number of benzene rings is 1. The lowest BCUT2D eigenvalue weighted by atomic mass is 10.1. The van der Waals surface area contributed by atoms with E-state index in [2.05, 4.69) is 16.0 Å². The number of ether oxygens (including phenoxy) is 1. The van der Waals surface area contributed by atoms with Crippen LogP contribution in [0.15, 0.2) is 18.2 Å². The van der Waals surface area contributed by atoms with Gasteiger partial charge in [0.2, 0.25) is 0 Å². The second-order valence-electron chi connectivity index (χ2n) is 6.77. The lowest BCUT2D eigenvalue weighted by Gasteiger charge is -2.16. The van der Waals surface area contributed by atoms with Gasteiger partial charge in [-0.3, -0.25) is 4.79 Å². The molecule has 6 heteroatoms. The van der Waals surface area contributed by atoms with E-state index in [9.17, 15) is 9.59 Å². The summed E-state index contributed by atoms with van der Waals surface area (Å²) >= 11 is 0. The van der Waals surface area contributed by atoms with E-state index in [0.717, 1.165) is 24.8 Å². The van der Waals surface area contributed by atoms with Crippen molar-refractivity contribution >= 4 is 17.6 Å². The summed E-state index contributed by atoms with van der Waals surface area (Å²) in [5.74, 6) is -0.0424. The van der Waals surface area contributed by atoms with E-state index in [0.29, 0.717) is 23.9 Å². The minimum atomic E-state index is -0.255. The van der Waals surface area contributed by atoms with Gasteiger partial charge in [-0.1, -0.05) is 12.8 Å². The van der Waals surface area contributed by atoms with Crippen molar-refractivity contribution in [2.75, 3.05) is 19.0 Å². The van der Waals surface area contributed by atoms with Crippen molar-refractivity contribution in [3.05, 3.63) is 29.3 Å². The summed E-state index contributed by atoms with van der Waals surface area (Å²) in [6.45, 7) is 4.42. The number of nitrogens with one attached hydrogen (secondary N) is 3. The lowest BCUT2D eigenvalue weighted by Crippen LogP contribution is -2.37. The maximum absolute atomic E-state index is 12.3. The summed E-state index contributed by atoms with van der Waals surface area (Å²) in [5.41, 5.74) is 2.19. The normalized spacial score (nSPS) is 15.6. The molecule has 0 saturated heterocycles. The molecule has 1 aromatic carbocycles. The fraction of sp³-hybridized carbons (Fsp3) is 0.579. The summed E-state index contributed by atoms with van der Waals surface area (Å²) in [6.07, 6.45) is 5.25. The van der Waals surface area contributed by atoms with Gasteiger partial charge in [0.15, 0.2) is 0 Å². The van der Waals surface area contributed by atoms with Crippen molar-refractivity contribution in [3.63, 3.8) is 0 Å². The van der Waals surface area contributed by atoms with E-state index in [1.54, 1.807) is 19.2 Å². The number of carbonyl (C=O) groups is 2. The molecule has 0 bridgehead atoms. The van der Waals surface area contributed by atoms with Gasteiger partial charge < -0.3 is 20.7 Å². The molecule has 1 atom stereocenters. The molecule has 6 nitrogen and oxygen atoms in total. The number of carbonyl (C=O) groups excluding carboxylic acids is 2. The highest BCUT2D eigenvalue weighted by molar-refractivity contribution is 5.96. The smallest absolute Gasteiger partial charge is 0.319 e. The Hall–Kier alpha value is -2.08. The van der Waals surface area contributed by atoms with Gasteiger partial charge >= 0.3 is 6.03 Å². The van der Waals surface area contributed by atoms with Gasteiger partial charge in [-0.25, -0.2) is 4.79 Å². The number of rotatable bonds is 7. The Kier molecular flexibility index (Phi) is 7.25. The number of hydrogen-bond acceptors (Lipinski definition) is 3. The van der Waals surface area contributed by atoms with E-state index >= 15 is 0 Å². The Morgan fingerprint density at radius 2 is 2.00 bits per heavy atom. The maximum Gasteiger partial charge on any atom is 0.319 e. The summed E-state index contributed by atoms with van der Waals surface area (Å²) in [4.78, 5) is 24.4. The van der Waals surface area contributed by atoms with Crippen LogP contribution in [0.1, 0.15) is 54.9 Å². The van der Waals surface area contributed by atoms with Crippen LogP contribution in [0, 0.1) is 6.92 Å². The average Bonchev–Trinajstić information content (AvgIpc) is 3.07. The Balaban J connectivity index is 1.89. The first kappa shape index (κ1) is 19.2. The largest absolute Gasteiger partial charge is 0.385 e. The third-order valence-corrected chi connectivity index (χ3v) is 4.56. The molecule has 3 amide bonds. The summed E-state index contributed by atoms with van der Waals surface area (Å²) in [7, 11) is 1.64. The number of anilines is 1. The van der Waals surface area contributed by atoms with Crippen molar-refractivity contribution < 1.29 is 14.3 Å². The first-order chi connectivity index (χ1) is 12.0. The molecule has 0 heterocycles. The number of aryl methyl sites for hydroxylation is 1. The molecule has 138 valence electrons. The van der Waals surface area contributed by atoms with Gasteiger partial charge in [0.05, 0.1) is 0 Å². The summed E-state index contributed by atoms with van der Waals surface area (Å²) < 4.78 is 5.00. The summed E-state index contributed by atoms with van der Waals surface area (Å²) in [5, 5.41) is 8.78. The second-order valence-corrected chi connectivity index (χ2v) is 6.77. The minimum absolute atomic E-state index is 0.0247. The predicted octanol–water partition coefficient (Wildman–Crippen LogP) is 3.21. The monoisotopic (exact) mass is 347 g/mol. The highest BCUT2D eigenvalue weighted by Crippen LogP contribution is 2.20. The first-order valence-electron chi connectivity index (χ1n) is 8.97. The van der Waals surface area contributed by atoms with E-state index in [1.807, 2.05) is 19.9 Å². The highest BCUT2D eigenvalue weighted by Gasteiger charge is 2.18. The summed E-state index contributed by atoms with van der Waals surface area (Å²) in [6, 6.07) is 5.41. The number of hydrogen-bond donors (Lipinski definition) is 3. The van der Waals surface area contributed by atoms with Crippen LogP contribution in [-0.2, 0) is 4.74 Å². The van der Waals surface area contributed by atoms with Crippen LogP contribution < -0.4 is 16.0 Å². The Labute approximate surface area is 149 Å². The Bertz CT molecular complexity index is 598. The van der Waals surface area contributed by atoms with Crippen LogP contribution in [0.4, 0.5) is 10.5 Å². The molecule has 1 aromatic rings. The van der Waals surface area contributed by atoms with Crippen LogP contribution in [0.5, 0.6) is 0 Å². The van der Waals surface area contributed by atoms with Gasteiger partial charge in [-0.15, -0.1) is 0 Å². The fourth-order valence-electron chi connectivity index (χ4n) is 3.03. The van der Waals surface area contributed by atoms with Crippen molar-refractivity contribution in [2.45, 2.75) is 58.0 Å². The molecule has 2 rings (SSSR count). The van der Waals surface area contributed by atoms with E-state index in [-0.39, 0.29) is 18.0 Å². The third-order valence-electron chi connectivity index (χ3n) is 4.56. The maximum atomic E-state index is 12.3. The van der Waals surface area contributed by atoms with Crippen molar-refractivity contribution in [2.24, 2.45) is 0 Å². The van der Waals surface area contributed by atoms with Crippen LogP contribution >= 0.6 is 0 Å². The van der Waals surface area contributed by atoms with Crippen LogP contribution in [0.25, 0.3) is 0 Å². The number of amides is 3. The third kappa shape index (κ3) is 6.05. The first-order valence-corrected chi connectivity index (χ1v) is 8.97. The molecule has 1 fully saturated rings. The van der Waals surface area contributed by atoms with Gasteiger partial charge in [0.25, 0.3) is 5.91 Å². The second kappa shape index (κ2) is 9.42. The Morgan fingerprint density at radius 1 is 1.28 bits per heavy atom. The quantitative estimate of drug-likeness (QED) is 0.708. The molecule has 1 saturated carbocycles. The molecular weight excluding hydrogens is 318 g/mol. The molecule has 0 unspecified atom stereocenters. The molecule has 3 N–H and O–H groups in total. The van der Waals surface area contributed by atoms with Crippen LogP contribution in [0.2, 0.25) is 0 Å². The molecule has 0 aliphatic heterocycles. The van der Waals surface area contributed by atoms with E-state index in [4.69, 9.17) is 4.74 Å². The Morgan fingerprint density at radius 3 is 2.64 bits per heavy atom. The lowest BCUT2D eigenvalue weighted by molar-refractivity contribution is 0.0938. The molecule has 25 heavy (non-hydrogen) atoms. The standard InChI is InChI=1S/C19H29N3O3/c1-13-12-15(18(23)21-16-6-4-5-7-16)8-9-17(13)22-19(24)20-14(2)10-11-25-3/h8-9,12,14,16H,4-7,10-11H2,1-3H3,(H,21,23)(H2,20,22,24)/t14-/m1/s1. The van der Waals surface area contributed by atoms with Crippen molar-refractivity contribution in [3.8, 4) is 0 Å². The SMILES string of the molecule is COCC[C@@H](C)NC(=O)Nc1ccc(C(=O)NC2CCCC2)cc1C. The molecule has 1 aliphatic rings. The molecule has 0 radical (unpaired) electrons. The average molecular weight is 347 g/mol. The predicted molar refractivity (Wildman–Crippen MR) is 99.0 cm³/mol. The van der Waals surface area contributed by atoms with Gasteiger partial charge in [0, 0.05) is 37.1 Å². The van der Waals surface area contributed by atoms with E-state index < -0.39 is 0 Å². The molecule has 0 aromatic heterocycles. The zero-order chi connectivity index (χ0) is 18.2. The van der Waals surface area contributed by atoms with E-state index in [1.165, 1.54) is 12.8 Å². The highest BCUT2D eigenvalue weighted by atomic mass is 16.5. The van der Waals surface area contributed by atoms with Crippen molar-refractivity contribution in [1.82, 2.24) is 10.6 Å². The zero-order valence-corrected chi connectivity index (χ0v) is 15.4. The zero-order valence-electron chi connectivity index (χ0n) is 15.4. The minimum Gasteiger partial charge on any atom is -0.385 e. The van der Waals surface area contributed by atoms with Gasteiger partial charge in [-0.05, 0) is 56.9 Å². The topological polar surface area (TPSA) is 79.5 Å². The van der Waals surface area contributed by atoms with Crippen LogP contribution in [0.3, 0.4) is 0 Å². The molecular formula is C19H29N3O3. The number of methoxy groups -OCH3 is 1. The van der Waals surface area contributed by atoms with Gasteiger partial charge in [0.1, 0.15) is 0 Å². The van der Waals surface area contributed by atoms with Crippen molar-refractivity contribution in [1.29, 1.82) is 0 Å². The van der Waals surface area contributed by atoms with Crippen LogP contribution in [-0.4, -0.2) is 37.7 Å². The molecule has 1 aliphatic carbocycles. The molecule has 0 spiro atoms.